The van der Waals surface area contributed by atoms with Crippen LogP contribution in [-0.4, -0.2) is 29.7 Å². The van der Waals surface area contributed by atoms with Gasteiger partial charge < -0.3 is 9.84 Å². The Bertz CT molecular complexity index is 349. The van der Waals surface area contributed by atoms with Crippen LogP contribution in [0.3, 0.4) is 0 Å². The van der Waals surface area contributed by atoms with Gasteiger partial charge in [-0.3, -0.25) is 0 Å². The summed E-state index contributed by atoms with van der Waals surface area (Å²) in [5, 5.41) is 9.94. The molecule has 1 aromatic carbocycles. The van der Waals surface area contributed by atoms with E-state index in [-0.39, 0.29) is 6.10 Å². The molecule has 0 aliphatic carbocycles. The molecule has 2 rings (SSSR count). The lowest BCUT2D eigenvalue weighted by molar-refractivity contribution is 0.0861. The minimum absolute atomic E-state index is 0.233. The van der Waals surface area contributed by atoms with E-state index in [2.05, 4.69) is 28.1 Å². The largest absolute Gasteiger partial charge is 0.392 e. The second-order valence-electron chi connectivity index (χ2n) is 4.63. The van der Waals surface area contributed by atoms with Gasteiger partial charge in [-0.1, -0.05) is 15.9 Å². The molecule has 0 spiro atoms. The van der Waals surface area contributed by atoms with Gasteiger partial charge in [0.25, 0.3) is 0 Å². The average Bonchev–Trinajstić information content (AvgIpc) is 2.89. The number of aliphatic hydroxyl groups excluding tert-OH is 1. The highest BCUT2D eigenvalue weighted by Crippen LogP contribution is 2.23. The first-order chi connectivity index (χ1) is 8.74. The summed E-state index contributed by atoms with van der Waals surface area (Å²) in [7, 11) is 0. The van der Waals surface area contributed by atoms with Gasteiger partial charge in [-0.25, -0.2) is 0 Å². The molecular weight excluding hydrogens is 312 g/mol. The van der Waals surface area contributed by atoms with Gasteiger partial charge in [0.05, 0.1) is 12.2 Å². The maximum atomic E-state index is 9.94. The molecule has 2 unspecified atom stereocenters. The van der Waals surface area contributed by atoms with Crippen LogP contribution in [0.4, 0.5) is 0 Å². The van der Waals surface area contributed by atoms with Crippen molar-refractivity contribution in [3.63, 3.8) is 0 Å². The fraction of sp³-hybridized carbons (Fsp3) is 0.571. The first kappa shape index (κ1) is 14.4. The Kier molecular flexibility index (Phi) is 6.02. The van der Waals surface area contributed by atoms with E-state index in [1.807, 2.05) is 12.1 Å². The maximum absolute atomic E-state index is 9.94. The summed E-state index contributed by atoms with van der Waals surface area (Å²) in [4.78, 5) is 1.20. The predicted octanol–water partition coefficient (Wildman–Crippen LogP) is 3.86. The molecule has 2 atom stereocenters. The second-order valence-corrected chi connectivity index (χ2v) is 6.64. The van der Waals surface area contributed by atoms with Crippen molar-refractivity contribution in [1.82, 2.24) is 0 Å². The molecule has 1 saturated heterocycles. The fourth-order valence-corrected chi connectivity index (χ4v) is 3.20. The minimum Gasteiger partial charge on any atom is -0.392 e. The minimum atomic E-state index is -0.233. The molecule has 0 saturated carbocycles. The SMILES string of the molecule is OC(CCC1CCCO1)CSc1ccc(Br)cc1. The van der Waals surface area contributed by atoms with Crippen molar-refractivity contribution >= 4 is 27.7 Å². The molecule has 0 radical (unpaired) electrons. The van der Waals surface area contributed by atoms with Crippen LogP contribution in [0.1, 0.15) is 25.7 Å². The van der Waals surface area contributed by atoms with E-state index < -0.39 is 0 Å². The Balaban J connectivity index is 1.64. The summed E-state index contributed by atoms with van der Waals surface area (Å²) in [5.74, 6) is 0.758. The zero-order valence-electron chi connectivity index (χ0n) is 10.3. The lowest BCUT2D eigenvalue weighted by atomic mass is 10.1. The van der Waals surface area contributed by atoms with Crippen LogP contribution in [0.5, 0.6) is 0 Å². The van der Waals surface area contributed by atoms with Gasteiger partial charge in [0.1, 0.15) is 0 Å². The molecule has 4 heteroatoms. The van der Waals surface area contributed by atoms with Gasteiger partial charge in [-0.15, -0.1) is 11.8 Å². The van der Waals surface area contributed by atoms with Crippen molar-refractivity contribution < 1.29 is 9.84 Å². The van der Waals surface area contributed by atoms with E-state index in [4.69, 9.17) is 4.74 Å². The molecule has 1 fully saturated rings. The predicted molar refractivity (Wildman–Crippen MR) is 79.1 cm³/mol. The third-order valence-electron chi connectivity index (χ3n) is 3.10. The molecule has 18 heavy (non-hydrogen) atoms. The third-order valence-corrected chi connectivity index (χ3v) is 4.79. The first-order valence-electron chi connectivity index (χ1n) is 6.42. The Morgan fingerprint density at radius 3 is 2.83 bits per heavy atom. The smallest absolute Gasteiger partial charge is 0.0635 e. The van der Waals surface area contributed by atoms with Crippen LogP contribution in [0, 0.1) is 0 Å². The van der Waals surface area contributed by atoms with E-state index in [0.717, 1.165) is 36.1 Å². The van der Waals surface area contributed by atoms with E-state index in [1.54, 1.807) is 11.8 Å². The zero-order chi connectivity index (χ0) is 12.8. The quantitative estimate of drug-likeness (QED) is 0.803. The van der Waals surface area contributed by atoms with E-state index in [0.29, 0.717) is 6.10 Å². The van der Waals surface area contributed by atoms with Crippen LogP contribution >= 0.6 is 27.7 Å². The zero-order valence-corrected chi connectivity index (χ0v) is 12.8. The number of halogens is 1. The summed E-state index contributed by atoms with van der Waals surface area (Å²) < 4.78 is 6.64. The Morgan fingerprint density at radius 1 is 1.39 bits per heavy atom. The molecule has 1 heterocycles. The lowest BCUT2D eigenvalue weighted by Gasteiger charge is -2.13. The van der Waals surface area contributed by atoms with Crippen molar-refractivity contribution in [3.05, 3.63) is 28.7 Å². The number of rotatable bonds is 6. The molecular formula is C14H19BrO2S. The monoisotopic (exact) mass is 330 g/mol. The number of benzene rings is 1. The molecule has 1 aliphatic heterocycles. The van der Waals surface area contributed by atoms with Crippen LogP contribution in [0.15, 0.2) is 33.6 Å². The number of ether oxygens (including phenoxy) is 1. The van der Waals surface area contributed by atoms with Crippen molar-refractivity contribution in [2.24, 2.45) is 0 Å². The Hall–Kier alpha value is -0.0300. The van der Waals surface area contributed by atoms with Crippen molar-refractivity contribution in [3.8, 4) is 0 Å². The van der Waals surface area contributed by atoms with Crippen LogP contribution in [0.25, 0.3) is 0 Å². The summed E-state index contributed by atoms with van der Waals surface area (Å²) >= 11 is 5.12. The summed E-state index contributed by atoms with van der Waals surface area (Å²) in [5.41, 5.74) is 0. The maximum Gasteiger partial charge on any atom is 0.0635 e. The van der Waals surface area contributed by atoms with Crippen LogP contribution < -0.4 is 0 Å². The van der Waals surface area contributed by atoms with Gasteiger partial charge in [-0.2, -0.15) is 0 Å². The van der Waals surface area contributed by atoms with Crippen molar-refractivity contribution in [1.29, 1.82) is 0 Å². The highest BCUT2D eigenvalue weighted by Gasteiger charge is 2.16. The lowest BCUT2D eigenvalue weighted by Crippen LogP contribution is -2.14. The Labute approximate surface area is 121 Å². The van der Waals surface area contributed by atoms with Gasteiger partial charge in [0.2, 0.25) is 0 Å². The van der Waals surface area contributed by atoms with Gasteiger partial charge in [-0.05, 0) is 49.9 Å². The molecule has 0 aromatic heterocycles. The standard InChI is InChI=1S/C14H19BrO2S/c15-11-3-7-14(8-4-11)18-10-12(16)5-6-13-2-1-9-17-13/h3-4,7-8,12-13,16H,1-2,5-6,9-10H2. The summed E-state index contributed by atoms with van der Waals surface area (Å²) in [6.07, 6.45) is 4.32. The number of thioether (sulfide) groups is 1. The topological polar surface area (TPSA) is 29.5 Å². The molecule has 1 N–H and O–H groups in total. The molecule has 0 amide bonds. The van der Waals surface area contributed by atoms with E-state index in [1.165, 1.54) is 11.3 Å². The number of aliphatic hydroxyl groups is 1. The Morgan fingerprint density at radius 2 is 2.17 bits per heavy atom. The van der Waals surface area contributed by atoms with Crippen LogP contribution in [0.2, 0.25) is 0 Å². The van der Waals surface area contributed by atoms with Gasteiger partial charge in [0, 0.05) is 21.7 Å². The normalized spacial score (nSPS) is 21.1. The highest BCUT2D eigenvalue weighted by atomic mass is 79.9. The molecule has 2 nitrogen and oxygen atoms in total. The number of hydrogen-bond acceptors (Lipinski definition) is 3. The highest BCUT2D eigenvalue weighted by molar-refractivity contribution is 9.10. The number of hydrogen-bond donors (Lipinski definition) is 1. The first-order valence-corrected chi connectivity index (χ1v) is 8.20. The van der Waals surface area contributed by atoms with Crippen LogP contribution in [-0.2, 0) is 4.74 Å². The molecule has 0 bridgehead atoms. The average molecular weight is 331 g/mol. The van der Waals surface area contributed by atoms with E-state index in [9.17, 15) is 5.11 Å². The van der Waals surface area contributed by atoms with Gasteiger partial charge in [0.15, 0.2) is 0 Å². The summed E-state index contributed by atoms with van der Waals surface area (Å²) in [6.45, 7) is 0.897. The third kappa shape index (κ3) is 4.92. The summed E-state index contributed by atoms with van der Waals surface area (Å²) in [6, 6.07) is 8.20. The van der Waals surface area contributed by atoms with E-state index >= 15 is 0 Å². The fourth-order valence-electron chi connectivity index (χ4n) is 2.06. The molecule has 1 aromatic rings. The van der Waals surface area contributed by atoms with Gasteiger partial charge >= 0.3 is 0 Å². The second kappa shape index (κ2) is 7.53. The molecule has 100 valence electrons. The van der Waals surface area contributed by atoms with Crippen molar-refractivity contribution in [2.75, 3.05) is 12.4 Å². The van der Waals surface area contributed by atoms with Crippen molar-refractivity contribution in [2.45, 2.75) is 42.8 Å². The molecule has 1 aliphatic rings.